The molecule has 3 heterocycles. The second-order valence-electron chi connectivity index (χ2n) is 13.4. The van der Waals surface area contributed by atoms with Gasteiger partial charge in [0, 0.05) is 44.7 Å². The number of hydrogen-bond acceptors (Lipinski definition) is 3. The van der Waals surface area contributed by atoms with Crippen molar-refractivity contribution in [2.24, 2.45) is 0 Å². The fourth-order valence-electron chi connectivity index (χ4n) is 5.98. The summed E-state index contributed by atoms with van der Waals surface area (Å²) in [5.74, 6) is -0.579. The molecule has 0 N–H and O–H groups in total. The van der Waals surface area contributed by atoms with Crippen LogP contribution in [0, 0.1) is 12.1 Å². The van der Waals surface area contributed by atoms with E-state index < -0.39 is 26.7 Å². The standard InChI is InChI=1S/C27H20NO.C17H22NSi.Ir/c1-2-7-18(8-3-1)20-13-14-22-23-11-6-12-24(27(23)29-25(22)17-20)26-21-10-5-4-9-19(21)15-16-28-26;1-13(2)14-6-8-15(9-7-14)17-11-10-16(12-18-17)19(3,4)5;/h1-3,6-8,11,13-17H,4-5,9-10H2;6-8,10-13H,1-5H3;/q2*-1;/i9D2,10D2;13D;. The van der Waals surface area contributed by atoms with Crippen LogP contribution in [0.4, 0.5) is 0 Å². The van der Waals surface area contributed by atoms with E-state index in [4.69, 9.17) is 11.3 Å². The van der Waals surface area contributed by atoms with Crippen LogP contribution in [0.2, 0.25) is 19.6 Å². The van der Waals surface area contributed by atoms with Gasteiger partial charge in [-0.15, -0.1) is 53.6 Å². The van der Waals surface area contributed by atoms with Gasteiger partial charge in [0.25, 0.3) is 0 Å². The largest absolute Gasteiger partial charge is 0.501 e. The molecule has 0 aliphatic heterocycles. The Morgan fingerprint density at radius 1 is 0.837 bits per heavy atom. The number of pyridine rings is 2. The van der Waals surface area contributed by atoms with Crippen molar-refractivity contribution >= 4 is 35.2 Å². The number of rotatable bonds is 5. The van der Waals surface area contributed by atoms with E-state index in [1.165, 1.54) is 5.19 Å². The fourth-order valence-corrected chi connectivity index (χ4v) is 7.02. The number of benzene rings is 4. The van der Waals surface area contributed by atoms with E-state index in [2.05, 4.69) is 72.1 Å². The molecule has 0 spiro atoms. The van der Waals surface area contributed by atoms with E-state index in [1.54, 1.807) is 18.3 Å². The van der Waals surface area contributed by atoms with Gasteiger partial charge in [0.15, 0.2) is 0 Å². The molecule has 1 radical (unpaired) electrons. The molecule has 0 fully saturated rings. The van der Waals surface area contributed by atoms with E-state index in [1.807, 2.05) is 74.6 Å². The first-order chi connectivity index (χ1) is 25.0. The smallest absolute Gasteiger partial charge is 0.121 e. The van der Waals surface area contributed by atoms with Crippen molar-refractivity contribution in [3.8, 4) is 33.6 Å². The third-order valence-electron chi connectivity index (χ3n) is 8.77. The molecule has 0 saturated heterocycles. The minimum Gasteiger partial charge on any atom is -0.501 e. The Morgan fingerprint density at radius 2 is 1.65 bits per heavy atom. The summed E-state index contributed by atoms with van der Waals surface area (Å²) < 4.78 is 48.5. The van der Waals surface area contributed by atoms with Crippen LogP contribution in [0.15, 0.2) is 114 Å². The summed E-state index contributed by atoms with van der Waals surface area (Å²) in [6.07, 6.45) is 0.492. The topological polar surface area (TPSA) is 38.9 Å². The average molecular weight is 840 g/mol. The summed E-state index contributed by atoms with van der Waals surface area (Å²) in [5, 5.41) is 3.23. The molecule has 1 aliphatic rings. The predicted octanol–water partition coefficient (Wildman–Crippen LogP) is 11.2. The molecule has 1 aliphatic carbocycles. The Bertz CT molecular complexity index is 2360. The second kappa shape index (κ2) is 14.8. The van der Waals surface area contributed by atoms with Gasteiger partial charge < -0.3 is 14.4 Å². The van der Waals surface area contributed by atoms with Gasteiger partial charge in [0.2, 0.25) is 0 Å². The maximum atomic E-state index is 8.63. The summed E-state index contributed by atoms with van der Waals surface area (Å²) in [7, 11) is -1.29. The summed E-state index contributed by atoms with van der Waals surface area (Å²) in [4.78, 5) is 9.07. The monoisotopic (exact) mass is 840 g/mol. The molecular formula is C44H42IrN2OSi-2. The van der Waals surface area contributed by atoms with Crippen molar-refractivity contribution < 1.29 is 31.4 Å². The third-order valence-corrected chi connectivity index (χ3v) is 10.8. The molecule has 0 unspecified atom stereocenters. The number of nitrogens with zero attached hydrogens (tertiary/aromatic N) is 2. The zero-order valence-corrected chi connectivity index (χ0v) is 31.8. The molecule has 5 heteroatoms. The molecule has 0 saturated carbocycles. The van der Waals surface area contributed by atoms with Crippen LogP contribution in [-0.4, -0.2) is 18.0 Å². The number of aromatic nitrogens is 2. The normalized spacial score (nSPS) is 16.5. The summed E-state index contributed by atoms with van der Waals surface area (Å²) in [5.41, 5.74) is 7.98. The van der Waals surface area contributed by atoms with Crippen molar-refractivity contribution in [3.05, 3.63) is 138 Å². The third kappa shape index (κ3) is 7.40. The second-order valence-corrected chi connectivity index (χ2v) is 18.5. The van der Waals surface area contributed by atoms with E-state index in [-0.39, 0.29) is 32.9 Å². The van der Waals surface area contributed by atoms with E-state index in [0.717, 1.165) is 44.3 Å². The van der Waals surface area contributed by atoms with Gasteiger partial charge in [-0.05, 0) is 65.4 Å². The molecule has 7 aromatic rings. The van der Waals surface area contributed by atoms with Crippen LogP contribution in [0.1, 0.15) is 56.1 Å². The van der Waals surface area contributed by atoms with Gasteiger partial charge >= 0.3 is 0 Å². The Labute approximate surface area is 312 Å². The van der Waals surface area contributed by atoms with Crippen molar-refractivity contribution in [1.29, 1.82) is 0 Å². The first-order valence-electron chi connectivity index (χ1n) is 18.9. The molecule has 4 aromatic carbocycles. The van der Waals surface area contributed by atoms with E-state index in [9.17, 15) is 0 Å². The fraction of sp³-hybridized carbons (Fsp3) is 0.227. The summed E-state index contributed by atoms with van der Waals surface area (Å²) in [6.45, 7) is 10.7. The van der Waals surface area contributed by atoms with Crippen LogP contribution in [-0.2, 0) is 32.9 Å². The summed E-state index contributed by atoms with van der Waals surface area (Å²) in [6, 6.07) is 38.2. The minimum absolute atomic E-state index is 0. The molecule has 0 amide bonds. The Morgan fingerprint density at radius 3 is 2.37 bits per heavy atom. The first-order valence-corrected chi connectivity index (χ1v) is 19.9. The van der Waals surface area contributed by atoms with Crippen LogP contribution in [0.25, 0.3) is 55.6 Å². The number of furan rings is 1. The molecule has 249 valence electrons. The molecule has 0 bridgehead atoms. The number of hydrogen-bond donors (Lipinski definition) is 0. The number of fused-ring (bicyclic) bond motifs is 4. The van der Waals surface area contributed by atoms with Gasteiger partial charge in [-0.2, -0.15) is 0 Å². The molecule has 0 atom stereocenters. The Balaban J connectivity index is 0.000000205. The van der Waals surface area contributed by atoms with Gasteiger partial charge in [-0.1, -0.05) is 116 Å². The van der Waals surface area contributed by atoms with Crippen molar-refractivity contribution in [1.82, 2.24) is 9.97 Å². The molecule has 3 nitrogen and oxygen atoms in total. The van der Waals surface area contributed by atoms with Crippen molar-refractivity contribution in [2.75, 3.05) is 0 Å². The predicted molar refractivity (Wildman–Crippen MR) is 203 cm³/mol. The van der Waals surface area contributed by atoms with Gasteiger partial charge in [-0.25, -0.2) is 0 Å². The van der Waals surface area contributed by atoms with Gasteiger partial charge in [-0.3, -0.25) is 0 Å². The van der Waals surface area contributed by atoms with Crippen molar-refractivity contribution in [3.63, 3.8) is 0 Å². The van der Waals surface area contributed by atoms with E-state index in [0.29, 0.717) is 28.0 Å². The zero-order chi connectivity index (χ0) is 37.8. The molecule has 3 aromatic heterocycles. The van der Waals surface area contributed by atoms with Crippen LogP contribution < -0.4 is 5.19 Å². The SMILES string of the molecule is [2H]C(C)(C)c1c[c-]c(-c2ccc([Si](C)(C)C)cn2)cc1.[2H]C1([2H])CCC([2H])([2H])c2c1ccnc2-c1[c-]ccc2c1oc1cc(-c3ccccc3)ccc12.[Ir]. The average Bonchev–Trinajstić information content (AvgIpc) is 3.52. The summed E-state index contributed by atoms with van der Waals surface area (Å²) >= 11 is 0. The molecule has 49 heavy (non-hydrogen) atoms. The Kier molecular flexibility index (Phi) is 8.63. The van der Waals surface area contributed by atoms with Crippen LogP contribution in [0.5, 0.6) is 0 Å². The maximum Gasteiger partial charge on any atom is 0.121 e. The van der Waals surface area contributed by atoms with E-state index >= 15 is 0 Å². The van der Waals surface area contributed by atoms with Gasteiger partial charge in [0.1, 0.15) is 5.58 Å². The quantitative estimate of drug-likeness (QED) is 0.128. The van der Waals surface area contributed by atoms with Gasteiger partial charge in [0.05, 0.1) is 13.7 Å². The first kappa shape index (κ1) is 28.7. The number of aryl methyl sites for hydroxylation is 1. The zero-order valence-electron chi connectivity index (χ0n) is 33.4. The van der Waals surface area contributed by atoms with Crippen LogP contribution in [0.3, 0.4) is 0 Å². The molecule has 8 rings (SSSR count). The Hall–Kier alpha value is -4.15. The molecular weight excluding hydrogens is 793 g/mol. The maximum absolute atomic E-state index is 8.63. The minimum atomic E-state index is -1.69. The van der Waals surface area contributed by atoms with Crippen molar-refractivity contribution in [2.45, 2.75) is 65.0 Å². The van der Waals surface area contributed by atoms with Crippen LogP contribution >= 0.6 is 0 Å².